The number of thiol groups is 1. The van der Waals surface area contributed by atoms with Crippen molar-refractivity contribution >= 4 is 35.8 Å². The summed E-state index contributed by atoms with van der Waals surface area (Å²) in [6.07, 6.45) is 0. The highest BCUT2D eigenvalue weighted by atomic mass is 35.5. The Kier molecular flexibility index (Phi) is 3.61. The fourth-order valence-corrected chi connectivity index (χ4v) is 1.25. The summed E-state index contributed by atoms with van der Waals surface area (Å²) in [7, 11) is 0. The van der Waals surface area contributed by atoms with Crippen molar-refractivity contribution in [3.63, 3.8) is 0 Å². The van der Waals surface area contributed by atoms with Gasteiger partial charge in [-0.1, -0.05) is 23.7 Å². The van der Waals surface area contributed by atoms with Crippen LogP contribution < -0.4 is 0 Å². The summed E-state index contributed by atoms with van der Waals surface area (Å²) in [6.45, 7) is 1.71. The number of carboxylic acids is 1. The molecule has 1 rings (SSSR count). The van der Waals surface area contributed by atoms with Crippen molar-refractivity contribution in [1.29, 1.82) is 0 Å². The molecule has 0 amide bonds. The number of carbonyl (C=O) groups is 1. The molecule has 0 unspecified atom stereocenters. The molecule has 1 aromatic carbocycles. The molecular formula is C10H9ClO2S. The van der Waals surface area contributed by atoms with Crippen LogP contribution in [0.25, 0.3) is 5.57 Å². The number of hydrogen-bond donors (Lipinski definition) is 2. The van der Waals surface area contributed by atoms with Crippen LogP contribution in [0.5, 0.6) is 0 Å². The molecule has 14 heavy (non-hydrogen) atoms. The SMILES string of the molecule is C/C(=C(/S)C(=O)O)c1ccc(Cl)cc1. The molecule has 0 aliphatic rings. The number of allylic oxidation sites excluding steroid dienone is 1. The first-order chi connectivity index (χ1) is 6.52. The fraction of sp³-hybridized carbons (Fsp3) is 0.100. The second kappa shape index (κ2) is 4.53. The Labute approximate surface area is 92.6 Å². The molecule has 0 aliphatic heterocycles. The summed E-state index contributed by atoms with van der Waals surface area (Å²) < 4.78 is 0. The molecule has 0 aliphatic carbocycles. The minimum absolute atomic E-state index is 0.0484. The van der Waals surface area contributed by atoms with Gasteiger partial charge in [0.05, 0.1) is 4.91 Å². The monoisotopic (exact) mass is 228 g/mol. The van der Waals surface area contributed by atoms with Gasteiger partial charge in [0.25, 0.3) is 0 Å². The van der Waals surface area contributed by atoms with E-state index in [0.717, 1.165) is 5.56 Å². The predicted molar refractivity (Wildman–Crippen MR) is 60.7 cm³/mol. The number of aliphatic carboxylic acids is 1. The van der Waals surface area contributed by atoms with Crippen LogP contribution in [0.15, 0.2) is 29.2 Å². The fourth-order valence-electron chi connectivity index (χ4n) is 0.997. The maximum Gasteiger partial charge on any atom is 0.342 e. The Morgan fingerprint density at radius 2 is 1.86 bits per heavy atom. The summed E-state index contributed by atoms with van der Waals surface area (Å²) in [5.74, 6) is -1.03. The second-order valence-corrected chi connectivity index (χ2v) is 3.67. The van der Waals surface area contributed by atoms with Crippen LogP contribution in [-0.2, 0) is 4.79 Å². The van der Waals surface area contributed by atoms with Crippen LogP contribution >= 0.6 is 24.2 Å². The number of carboxylic acid groups (broad SMARTS) is 1. The molecule has 74 valence electrons. The molecular weight excluding hydrogens is 220 g/mol. The first kappa shape index (κ1) is 11.1. The van der Waals surface area contributed by atoms with Gasteiger partial charge in [0.2, 0.25) is 0 Å². The van der Waals surface area contributed by atoms with E-state index in [0.29, 0.717) is 10.6 Å². The second-order valence-electron chi connectivity index (χ2n) is 2.79. The van der Waals surface area contributed by atoms with E-state index in [-0.39, 0.29) is 4.91 Å². The molecule has 1 aromatic rings. The first-order valence-corrected chi connectivity index (χ1v) is 4.74. The van der Waals surface area contributed by atoms with E-state index in [1.54, 1.807) is 31.2 Å². The molecule has 4 heteroatoms. The molecule has 0 saturated carbocycles. The minimum atomic E-state index is -1.03. The maximum atomic E-state index is 10.6. The van der Waals surface area contributed by atoms with Gasteiger partial charge in [-0.25, -0.2) is 4.79 Å². The van der Waals surface area contributed by atoms with Crippen molar-refractivity contribution in [2.24, 2.45) is 0 Å². The van der Waals surface area contributed by atoms with Crippen LogP contribution in [0.4, 0.5) is 0 Å². The molecule has 0 aromatic heterocycles. The lowest BCUT2D eigenvalue weighted by molar-refractivity contribution is -0.131. The quantitative estimate of drug-likeness (QED) is 0.603. The smallest absolute Gasteiger partial charge is 0.342 e. The number of hydrogen-bond acceptors (Lipinski definition) is 2. The van der Waals surface area contributed by atoms with Gasteiger partial charge >= 0.3 is 5.97 Å². The van der Waals surface area contributed by atoms with Crippen LogP contribution in [0.3, 0.4) is 0 Å². The lowest BCUT2D eigenvalue weighted by Gasteiger charge is -2.03. The zero-order chi connectivity index (χ0) is 10.7. The summed E-state index contributed by atoms with van der Waals surface area (Å²) in [5.41, 5.74) is 1.43. The van der Waals surface area contributed by atoms with Crippen molar-refractivity contribution in [3.8, 4) is 0 Å². The Balaban J connectivity index is 3.12. The van der Waals surface area contributed by atoms with Crippen LogP contribution in [0.2, 0.25) is 5.02 Å². The number of benzene rings is 1. The van der Waals surface area contributed by atoms with Crippen molar-refractivity contribution < 1.29 is 9.90 Å². The average molecular weight is 229 g/mol. The predicted octanol–water partition coefficient (Wildman–Crippen LogP) is 3.09. The Hall–Kier alpha value is -0.930. The molecule has 0 atom stereocenters. The third kappa shape index (κ3) is 2.53. The summed E-state index contributed by atoms with van der Waals surface area (Å²) >= 11 is 9.61. The van der Waals surface area contributed by atoms with Crippen LogP contribution in [0.1, 0.15) is 12.5 Å². The zero-order valence-corrected chi connectivity index (χ0v) is 9.14. The number of halogens is 1. The first-order valence-electron chi connectivity index (χ1n) is 3.91. The van der Waals surface area contributed by atoms with Crippen molar-refractivity contribution in [1.82, 2.24) is 0 Å². The van der Waals surface area contributed by atoms with Gasteiger partial charge in [0.15, 0.2) is 0 Å². The zero-order valence-electron chi connectivity index (χ0n) is 7.49. The van der Waals surface area contributed by atoms with E-state index in [1.807, 2.05) is 0 Å². The lowest BCUT2D eigenvalue weighted by atomic mass is 10.1. The topological polar surface area (TPSA) is 37.3 Å². The van der Waals surface area contributed by atoms with E-state index in [4.69, 9.17) is 16.7 Å². The van der Waals surface area contributed by atoms with Crippen LogP contribution in [-0.4, -0.2) is 11.1 Å². The highest BCUT2D eigenvalue weighted by Crippen LogP contribution is 2.22. The average Bonchev–Trinajstić information content (AvgIpc) is 2.16. The van der Waals surface area contributed by atoms with Gasteiger partial charge in [-0.2, -0.15) is 0 Å². The van der Waals surface area contributed by atoms with Crippen molar-refractivity contribution in [2.45, 2.75) is 6.92 Å². The molecule has 0 saturated heterocycles. The molecule has 0 heterocycles. The third-order valence-electron chi connectivity index (χ3n) is 1.84. The van der Waals surface area contributed by atoms with Gasteiger partial charge in [0, 0.05) is 5.02 Å². The molecule has 0 fully saturated rings. The molecule has 0 bridgehead atoms. The normalized spacial score (nSPS) is 12.2. The standard InChI is InChI=1S/C10H9ClO2S/c1-6(9(14)10(12)13)7-2-4-8(11)5-3-7/h2-5,14H,1H3,(H,12,13)/b9-6-. The molecule has 1 N–H and O–H groups in total. The van der Waals surface area contributed by atoms with Crippen molar-refractivity contribution in [2.75, 3.05) is 0 Å². The maximum absolute atomic E-state index is 10.6. The minimum Gasteiger partial charge on any atom is -0.477 e. The van der Waals surface area contributed by atoms with E-state index < -0.39 is 5.97 Å². The lowest BCUT2D eigenvalue weighted by Crippen LogP contribution is -1.96. The van der Waals surface area contributed by atoms with Gasteiger partial charge in [-0.05, 0) is 30.2 Å². The van der Waals surface area contributed by atoms with Gasteiger partial charge in [0.1, 0.15) is 0 Å². The molecule has 2 nitrogen and oxygen atoms in total. The van der Waals surface area contributed by atoms with Crippen molar-refractivity contribution in [3.05, 3.63) is 39.8 Å². The molecule has 0 radical (unpaired) electrons. The molecule has 0 spiro atoms. The van der Waals surface area contributed by atoms with E-state index in [2.05, 4.69) is 12.6 Å². The van der Waals surface area contributed by atoms with E-state index in [9.17, 15) is 4.79 Å². The largest absolute Gasteiger partial charge is 0.477 e. The van der Waals surface area contributed by atoms with Gasteiger partial charge in [-0.3, -0.25) is 0 Å². The third-order valence-corrected chi connectivity index (χ3v) is 2.61. The van der Waals surface area contributed by atoms with Gasteiger partial charge in [-0.15, -0.1) is 12.6 Å². The Morgan fingerprint density at radius 3 is 2.29 bits per heavy atom. The Morgan fingerprint density at radius 1 is 1.36 bits per heavy atom. The summed E-state index contributed by atoms with van der Waals surface area (Å²) in [5, 5.41) is 9.33. The summed E-state index contributed by atoms with van der Waals surface area (Å²) in [4.78, 5) is 10.7. The Bertz CT molecular complexity index is 382. The highest BCUT2D eigenvalue weighted by molar-refractivity contribution is 7.85. The highest BCUT2D eigenvalue weighted by Gasteiger charge is 2.07. The van der Waals surface area contributed by atoms with E-state index >= 15 is 0 Å². The van der Waals surface area contributed by atoms with Gasteiger partial charge < -0.3 is 5.11 Å². The van der Waals surface area contributed by atoms with Crippen LogP contribution in [0, 0.1) is 0 Å². The summed E-state index contributed by atoms with van der Waals surface area (Å²) in [6, 6.07) is 6.94. The number of rotatable bonds is 2. The van der Waals surface area contributed by atoms with E-state index in [1.165, 1.54) is 0 Å².